The number of nitrogens with one attached hydrogen (secondary N) is 1. The number of carboxylic acids is 1. The van der Waals surface area contributed by atoms with Crippen LogP contribution >= 0.6 is 0 Å². The number of hydrogen-bond acceptors (Lipinski definition) is 3. The lowest BCUT2D eigenvalue weighted by Crippen LogP contribution is -2.41. The van der Waals surface area contributed by atoms with Crippen LogP contribution in [0.1, 0.15) is 44.9 Å². The number of carbonyl (C=O) groups excluding carboxylic acids is 1. The van der Waals surface area contributed by atoms with E-state index in [2.05, 4.69) is 17.3 Å². The first-order valence-corrected chi connectivity index (χ1v) is 7.80. The van der Waals surface area contributed by atoms with Crippen LogP contribution in [0.3, 0.4) is 0 Å². The maximum atomic E-state index is 12.1. The zero-order chi connectivity index (χ0) is 14.5. The largest absolute Gasteiger partial charge is 0.481 e. The summed E-state index contributed by atoms with van der Waals surface area (Å²) in [7, 11) is 2.11. The lowest BCUT2D eigenvalue weighted by Gasteiger charge is -2.24. The number of nitrogens with zero attached hydrogens (tertiary/aromatic N) is 1. The van der Waals surface area contributed by atoms with Gasteiger partial charge in [0.1, 0.15) is 0 Å². The van der Waals surface area contributed by atoms with E-state index in [4.69, 9.17) is 5.11 Å². The van der Waals surface area contributed by atoms with Crippen molar-refractivity contribution >= 4 is 11.9 Å². The number of aliphatic carboxylic acids is 1. The molecule has 5 nitrogen and oxygen atoms in total. The summed E-state index contributed by atoms with van der Waals surface area (Å²) < 4.78 is 0. The molecule has 114 valence electrons. The van der Waals surface area contributed by atoms with Crippen LogP contribution in [0.25, 0.3) is 0 Å². The molecule has 0 aliphatic heterocycles. The van der Waals surface area contributed by atoms with Gasteiger partial charge in [-0.25, -0.2) is 0 Å². The molecule has 2 atom stereocenters. The molecule has 0 bridgehead atoms. The van der Waals surface area contributed by atoms with Crippen LogP contribution in [0.5, 0.6) is 0 Å². The maximum absolute atomic E-state index is 12.1. The molecule has 0 spiro atoms. The molecule has 5 heteroatoms. The van der Waals surface area contributed by atoms with E-state index in [9.17, 15) is 9.59 Å². The Hall–Kier alpha value is -1.10. The van der Waals surface area contributed by atoms with E-state index < -0.39 is 11.9 Å². The highest BCUT2D eigenvalue weighted by Crippen LogP contribution is 2.32. The van der Waals surface area contributed by atoms with E-state index in [1.54, 1.807) is 0 Å². The van der Waals surface area contributed by atoms with Crippen molar-refractivity contribution in [3.8, 4) is 0 Å². The fourth-order valence-corrected chi connectivity index (χ4v) is 3.58. The lowest BCUT2D eigenvalue weighted by atomic mass is 9.95. The monoisotopic (exact) mass is 282 g/mol. The highest BCUT2D eigenvalue weighted by molar-refractivity contribution is 5.85. The Morgan fingerprint density at radius 3 is 2.40 bits per heavy atom. The molecule has 0 aromatic rings. The predicted octanol–water partition coefficient (Wildman–Crippen LogP) is 1.48. The van der Waals surface area contributed by atoms with Crippen molar-refractivity contribution in [1.29, 1.82) is 0 Å². The standard InChI is InChI=1S/C15H26N2O3/c1-17(11-5-2-3-6-11)10-9-16-14(18)12-7-4-8-13(12)15(19)20/h11-13H,2-10H2,1H3,(H,16,18)(H,19,20)/t12-,13+/m1/s1. The van der Waals surface area contributed by atoms with E-state index in [1.165, 1.54) is 25.7 Å². The Kier molecular flexibility index (Phi) is 5.40. The average Bonchev–Trinajstić information content (AvgIpc) is 3.09. The van der Waals surface area contributed by atoms with Crippen molar-refractivity contribution in [2.24, 2.45) is 11.8 Å². The van der Waals surface area contributed by atoms with Crippen LogP contribution in [0, 0.1) is 11.8 Å². The van der Waals surface area contributed by atoms with Gasteiger partial charge in [-0.05, 0) is 32.7 Å². The summed E-state index contributed by atoms with van der Waals surface area (Å²) >= 11 is 0. The minimum absolute atomic E-state index is 0.0743. The highest BCUT2D eigenvalue weighted by Gasteiger charge is 2.37. The molecule has 1 amide bonds. The average molecular weight is 282 g/mol. The summed E-state index contributed by atoms with van der Waals surface area (Å²) in [5, 5.41) is 12.0. The third-order valence-electron chi connectivity index (χ3n) is 4.88. The zero-order valence-electron chi connectivity index (χ0n) is 12.3. The molecular formula is C15H26N2O3. The highest BCUT2D eigenvalue weighted by atomic mass is 16.4. The van der Waals surface area contributed by atoms with E-state index >= 15 is 0 Å². The Morgan fingerprint density at radius 2 is 1.75 bits per heavy atom. The molecule has 0 unspecified atom stereocenters. The van der Waals surface area contributed by atoms with E-state index in [0.717, 1.165) is 13.0 Å². The number of amides is 1. The van der Waals surface area contributed by atoms with E-state index in [0.29, 0.717) is 25.4 Å². The van der Waals surface area contributed by atoms with Gasteiger partial charge in [-0.1, -0.05) is 19.3 Å². The molecule has 2 aliphatic carbocycles. The summed E-state index contributed by atoms with van der Waals surface area (Å²) in [6.45, 7) is 1.47. The second kappa shape index (κ2) is 7.07. The minimum atomic E-state index is -0.828. The fourth-order valence-electron chi connectivity index (χ4n) is 3.58. The smallest absolute Gasteiger partial charge is 0.307 e. The second-order valence-electron chi connectivity index (χ2n) is 6.19. The summed E-state index contributed by atoms with van der Waals surface area (Å²) in [5.74, 6) is -1.72. The Balaban J connectivity index is 1.70. The number of rotatable bonds is 6. The number of carboxylic acid groups (broad SMARTS) is 1. The van der Waals surface area contributed by atoms with Crippen LogP contribution in [-0.2, 0) is 9.59 Å². The second-order valence-corrected chi connectivity index (χ2v) is 6.19. The van der Waals surface area contributed by atoms with Crippen molar-refractivity contribution in [2.45, 2.75) is 51.0 Å². The Morgan fingerprint density at radius 1 is 1.10 bits per heavy atom. The van der Waals surface area contributed by atoms with Crippen molar-refractivity contribution in [2.75, 3.05) is 20.1 Å². The van der Waals surface area contributed by atoms with E-state index in [-0.39, 0.29) is 11.8 Å². The van der Waals surface area contributed by atoms with Gasteiger partial charge in [-0.3, -0.25) is 9.59 Å². The lowest BCUT2D eigenvalue weighted by molar-refractivity contribution is -0.146. The molecular weight excluding hydrogens is 256 g/mol. The number of carbonyl (C=O) groups is 2. The van der Waals surface area contributed by atoms with Gasteiger partial charge in [-0.2, -0.15) is 0 Å². The number of hydrogen-bond donors (Lipinski definition) is 2. The summed E-state index contributed by atoms with van der Waals surface area (Å²) in [6, 6.07) is 0.658. The third-order valence-corrected chi connectivity index (χ3v) is 4.88. The Labute approximate surface area is 120 Å². The molecule has 0 radical (unpaired) electrons. The SMILES string of the molecule is CN(CCNC(=O)[C@@H]1CCC[C@@H]1C(=O)O)C1CCCC1. The molecule has 20 heavy (non-hydrogen) atoms. The fraction of sp³-hybridized carbons (Fsp3) is 0.867. The normalized spacial score (nSPS) is 27.1. The van der Waals surface area contributed by atoms with Crippen molar-refractivity contribution in [3.05, 3.63) is 0 Å². The van der Waals surface area contributed by atoms with Crippen molar-refractivity contribution in [3.63, 3.8) is 0 Å². The zero-order valence-corrected chi connectivity index (χ0v) is 12.3. The topological polar surface area (TPSA) is 69.6 Å². The molecule has 0 saturated heterocycles. The molecule has 2 fully saturated rings. The van der Waals surface area contributed by atoms with Gasteiger partial charge in [0, 0.05) is 19.1 Å². The molecule has 2 aliphatic rings. The predicted molar refractivity (Wildman–Crippen MR) is 76.4 cm³/mol. The third kappa shape index (κ3) is 3.72. The van der Waals surface area contributed by atoms with E-state index in [1.807, 2.05) is 0 Å². The summed E-state index contributed by atoms with van der Waals surface area (Å²) in [5.41, 5.74) is 0. The van der Waals surface area contributed by atoms with Gasteiger partial charge < -0.3 is 15.3 Å². The molecule has 0 aromatic carbocycles. The molecule has 2 saturated carbocycles. The van der Waals surface area contributed by atoms with Crippen molar-refractivity contribution in [1.82, 2.24) is 10.2 Å². The minimum Gasteiger partial charge on any atom is -0.481 e. The van der Waals surface area contributed by atoms with Gasteiger partial charge in [0.25, 0.3) is 0 Å². The first-order chi connectivity index (χ1) is 9.59. The number of likely N-dealkylation sites (N-methyl/N-ethyl adjacent to an activating group) is 1. The molecule has 0 heterocycles. The van der Waals surface area contributed by atoms with Crippen LogP contribution in [0.15, 0.2) is 0 Å². The molecule has 2 N–H and O–H groups in total. The van der Waals surface area contributed by atoms with Crippen LogP contribution < -0.4 is 5.32 Å². The van der Waals surface area contributed by atoms with Crippen LogP contribution in [0.2, 0.25) is 0 Å². The summed E-state index contributed by atoms with van der Waals surface area (Å²) in [6.07, 6.45) is 7.32. The van der Waals surface area contributed by atoms with Crippen LogP contribution in [0.4, 0.5) is 0 Å². The first-order valence-electron chi connectivity index (χ1n) is 7.80. The quantitative estimate of drug-likeness (QED) is 0.774. The van der Waals surface area contributed by atoms with Crippen LogP contribution in [-0.4, -0.2) is 48.1 Å². The first kappa shape index (κ1) is 15.3. The Bertz CT molecular complexity index is 353. The van der Waals surface area contributed by atoms with Gasteiger partial charge in [0.05, 0.1) is 11.8 Å². The maximum Gasteiger partial charge on any atom is 0.307 e. The molecule has 2 rings (SSSR count). The molecule has 0 aromatic heterocycles. The van der Waals surface area contributed by atoms with Gasteiger partial charge in [-0.15, -0.1) is 0 Å². The van der Waals surface area contributed by atoms with Gasteiger partial charge in [0.15, 0.2) is 0 Å². The van der Waals surface area contributed by atoms with Crippen molar-refractivity contribution < 1.29 is 14.7 Å². The van der Waals surface area contributed by atoms with Gasteiger partial charge in [0.2, 0.25) is 5.91 Å². The summed E-state index contributed by atoms with van der Waals surface area (Å²) in [4.78, 5) is 25.5. The van der Waals surface area contributed by atoms with Gasteiger partial charge >= 0.3 is 5.97 Å².